The molecule has 0 heterocycles. The van der Waals surface area contributed by atoms with E-state index in [9.17, 15) is 9.90 Å². The molecule has 0 fully saturated rings. The predicted molar refractivity (Wildman–Crippen MR) is 71.4 cm³/mol. The Hall–Kier alpha value is -0.530. The minimum atomic E-state index is -0.905. The van der Waals surface area contributed by atoms with Crippen molar-refractivity contribution in [1.29, 1.82) is 0 Å². The van der Waals surface area contributed by atoms with E-state index in [-0.39, 0.29) is 6.42 Å². The topological polar surface area (TPSA) is 37.0 Å². The first-order valence-electron chi connectivity index (χ1n) is 7.47. The second-order valence-corrected chi connectivity index (χ2v) is 5.01. The highest BCUT2D eigenvalue weighted by atomic mass is 16.1. The van der Waals surface area contributed by atoms with Crippen molar-refractivity contribution in [3.05, 3.63) is 0 Å². The molecule has 0 aromatic carbocycles. The van der Waals surface area contributed by atoms with Crippen LogP contribution in [0.4, 0.5) is 0 Å². The molecule has 0 rings (SSSR count). The second kappa shape index (κ2) is 13.5. The van der Waals surface area contributed by atoms with Crippen LogP contribution < -0.4 is 0 Å². The zero-order valence-corrected chi connectivity index (χ0v) is 11.5. The maximum Gasteiger partial charge on any atom is 0.355 e. The van der Waals surface area contributed by atoms with E-state index in [0.717, 1.165) is 12.8 Å². The molecule has 0 N–H and O–H groups in total. The second-order valence-electron chi connectivity index (χ2n) is 5.01. The first kappa shape index (κ1) is 16.5. The number of carbonyl (C=O) groups excluding carboxylic acids is 1. The van der Waals surface area contributed by atoms with Gasteiger partial charge in [-0.1, -0.05) is 77.6 Å². The van der Waals surface area contributed by atoms with Gasteiger partial charge in [0, 0.05) is 0 Å². The molecule has 0 amide bonds. The zero-order valence-electron chi connectivity index (χ0n) is 11.5. The molecule has 101 valence electrons. The summed E-state index contributed by atoms with van der Waals surface area (Å²) >= 11 is 0. The third-order valence-electron chi connectivity index (χ3n) is 3.23. The lowest BCUT2D eigenvalue weighted by Gasteiger charge is -2.01. The van der Waals surface area contributed by atoms with Gasteiger partial charge in [-0.15, -0.1) is 0 Å². The first-order chi connectivity index (χ1) is 8.27. The molecule has 2 nitrogen and oxygen atoms in total. The fraction of sp³-hybridized carbons (Fsp3) is 0.933. The molecule has 0 aromatic rings. The molecule has 0 aliphatic rings. The SMILES string of the molecule is CCCCCCCCCCCCCCC(=O)[2O]. The van der Waals surface area contributed by atoms with Crippen LogP contribution in [0.25, 0.3) is 0 Å². The lowest BCUT2D eigenvalue weighted by molar-refractivity contribution is -0.143. The molecule has 0 aromatic heterocycles. The van der Waals surface area contributed by atoms with E-state index in [1.54, 1.807) is 0 Å². The zero-order chi connectivity index (χ0) is 12.8. The number of hydrogen-bond donors (Lipinski definition) is 0. The molecule has 0 spiro atoms. The van der Waals surface area contributed by atoms with Crippen LogP contribution in [0.15, 0.2) is 0 Å². The van der Waals surface area contributed by atoms with Crippen molar-refractivity contribution in [3.63, 3.8) is 0 Å². The predicted octanol–water partition coefficient (Wildman–Crippen LogP) is 5.03. The van der Waals surface area contributed by atoms with Crippen molar-refractivity contribution >= 4 is 5.97 Å². The Morgan fingerprint density at radius 2 is 1.06 bits per heavy atom. The third kappa shape index (κ3) is 15.5. The van der Waals surface area contributed by atoms with Gasteiger partial charge in [-0.3, -0.25) is 0 Å². The van der Waals surface area contributed by atoms with Crippen LogP contribution in [-0.2, 0) is 9.90 Å². The summed E-state index contributed by atoms with van der Waals surface area (Å²) < 4.78 is 0. The van der Waals surface area contributed by atoms with Gasteiger partial charge in [-0.05, 0) is 6.42 Å². The number of hydrogen-bond acceptors (Lipinski definition) is 1. The molecular weight excluding hydrogens is 198 g/mol. The van der Waals surface area contributed by atoms with Crippen molar-refractivity contribution in [1.82, 2.24) is 0 Å². The number of rotatable bonds is 13. The lowest BCUT2D eigenvalue weighted by atomic mass is 1.90. The lowest BCUT2D eigenvalue weighted by Crippen LogP contribution is -1.91. The quantitative estimate of drug-likeness (QED) is 0.406. The van der Waals surface area contributed by atoms with Gasteiger partial charge in [0.15, 0.2) is 0 Å². The van der Waals surface area contributed by atoms with Gasteiger partial charge in [0.05, 0.1) is 6.42 Å². The Morgan fingerprint density at radius 3 is 1.41 bits per heavy atom. The third-order valence-corrected chi connectivity index (χ3v) is 3.23. The highest BCUT2D eigenvalue weighted by Gasteiger charge is 1.98. The number of carbonyl (C=O) groups is 1. The van der Waals surface area contributed by atoms with Crippen molar-refractivity contribution in [3.8, 4) is 0 Å². The molecular formula is C15H29O2. The van der Waals surface area contributed by atoms with Gasteiger partial charge in [0.25, 0.3) is 0 Å². The van der Waals surface area contributed by atoms with Crippen LogP contribution in [0.5, 0.6) is 0 Å². The highest BCUT2D eigenvalue weighted by Crippen LogP contribution is 2.12. The van der Waals surface area contributed by atoms with Crippen LogP contribution in [0.3, 0.4) is 0 Å². The van der Waals surface area contributed by atoms with Gasteiger partial charge in [0.1, 0.15) is 0 Å². The fourth-order valence-corrected chi connectivity index (χ4v) is 2.11. The van der Waals surface area contributed by atoms with E-state index >= 15 is 0 Å². The van der Waals surface area contributed by atoms with E-state index in [0.29, 0.717) is 0 Å². The van der Waals surface area contributed by atoms with Crippen LogP contribution in [-0.4, -0.2) is 5.97 Å². The summed E-state index contributed by atoms with van der Waals surface area (Å²) in [6, 6.07) is 0. The molecule has 0 saturated carbocycles. The normalized spacial score (nSPS) is 10.6. The van der Waals surface area contributed by atoms with Crippen molar-refractivity contribution < 1.29 is 9.90 Å². The summed E-state index contributed by atoms with van der Waals surface area (Å²) in [6.45, 7) is 2.25. The molecule has 0 saturated heterocycles. The van der Waals surface area contributed by atoms with Gasteiger partial charge in [-0.25, -0.2) is 9.90 Å². The van der Waals surface area contributed by atoms with Gasteiger partial charge < -0.3 is 0 Å². The average Bonchev–Trinajstić information content (AvgIpc) is 2.30. The Morgan fingerprint density at radius 1 is 0.706 bits per heavy atom. The fourth-order valence-electron chi connectivity index (χ4n) is 2.11. The molecule has 2 heteroatoms. The molecule has 1 radical (unpaired) electrons. The van der Waals surface area contributed by atoms with E-state index in [2.05, 4.69) is 6.92 Å². The van der Waals surface area contributed by atoms with Crippen LogP contribution in [0.2, 0.25) is 0 Å². The Balaban J connectivity index is 2.91. The van der Waals surface area contributed by atoms with Crippen LogP contribution >= 0.6 is 0 Å². The van der Waals surface area contributed by atoms with Gasteiger partial charge >= 0.3 is 5.97 Å². The van der Waals surface area contributed by atoms with Gasteiger partial charge in [0.2, 0.25) is 0 Å². The van der Waals surface area contributed by atoms with E-state index in [1.165, 1.54) is 64.2 Å². The molecule has 0 aliphatic carbocycles. The molecule has 0 unspecified atom stereocenters. The average molecular weight is 227 g/mol. The Labute approximate surface area is 107 Å². The maximum atomic E-state index is 10.2. The summed E-state index contributed by atoms with van der Waals surface area (Å²) in [5.74, 6) is -0.905. The molecule has 17 heavy (non-hydrogen) atoms. The minimum Gasteiger partial charge on any atom is -0.247 e. The van der Waals surface area contributed by atoms with E-state index in [4.69, 9.17) is 0 Å². The molecule has 0 atom stereocenters. The number of unbranched alkanes of at least 4 members (excludes halogenated alkanes) is 11. The summed E-state index contributed by atoms with van der Waals surface area (Å²) in [6.07, 6.45) is 15.5. The molecule has 0 bridgehead atoms. The summed E-state index contributed by atoms with van der Waals surface area (Å²) in [4.78, 5) is 10.2. The van der Waals surface area contributed by atoms with Crippen molar-refractivity contribution in [2.45, 2.75) is 90.4 Å². The summed E-state index contributed by atoms with van der Waals surface area (Å²) in [7, 11) is 0. The van der Waals surface area contributed by atoms with Crippen LogP contribution in [0, 0.1) is 0 Å². The van der Waals surface area contributed by atoms with Gasteiger partial charge in [-0.2, -0.15) is 0 Å². The standard InChI is InChI=1S/C15H29O2/c1-2-3-4-5-6-7-8-9-10-11-12-13-14-15(16)17/h2-14H2,1H3/i16-14. The van der Waals surface area contributed by atoms with Crippen molar-refractivity contribution in [2.75, 3.05) is 0 Å². The monoisotopic (exact) mass is 227 g/mol. The smallest absolute Gasteiger partial charge is 0.247 e. The first-order valence-corrected chi connectivity index (χ1v) is 7.47. The van der Waals surface area contributed by atoms with E-state index in [1.807, 2.05) is 0 Å². The Bertz CT molecular complexity index is 166. The van der Waals surface area contributed by atoms with Crippen molar-refractivity contribution in [2.24, 2.45) is 0 Å². The Kier molecular flexibility index (Phi) is 13.1. The molecule has 0 aliphatic heterocycles. The highest BCUT2D eigenvalue weighted by molar-refractivity contribution is 5.66. The minimum absolute atomic E-state index is 0.234. The largest absolute Gasteiger partial charge is 0.355 e. The maximum absolute atomic E-state index is 10.2. The van der Waals surface area contributed by atoms with Crippen LogP contribution in [0.1, 0.15) is 90.4 Å². The summed E-state index contributed by atoms with van der Waals surface area (Å²) in [5.41, 5.74) is 0. The summed E-state index contributed by atoms with van der Waals surface area (Å²) in [5, 5.41) is 10.2. The van der Waals surface area contributed by atoms with E-state index < -0.39 is 5.97 Å².